The van der Waals surface area contributed by atoms with Crippen LogP contribution in [0.5, 0.6) is 0 Å². The van der Waals surface area contributed by atoms with Crippen LogP contribution in [0.3, 0.4) is 0 Å². The monoisotopic (exact) mass is 156 g/mol. The summed E-state index contributed by atoms with van der Waals surface area (Å²) in [7, 11) is 0. The number of hydrogen-bond donors (Lipinski definition) is 1. The molecule has 12 heavy (non-hydrogen) atoms. The average Bonchev–Trinajstić information content (AvgIpc) is 2.17. The van der Waals surface area contributed by atoms with Gasteiger partial charge in [-0.3, -0.25) is 0 Å². The number of hydrogen-bond acceptors (Lipinski definition) is 2. The molecule has 1 aliphatic rings. The van der Waals surface area contributed by atoms with E-state index in [0.29, 0.717) is 0 Å². The molecule has 1 N–H and O–H groups in total. The summed E-state index contributed by atoms with van der Waals surface area (Å²) >= 11 is 0. The van der Waals surface area contributed by atoms with Gasteiger partial charge in [-0.1, -0.05) is 18.2 Å². The van der Waals surface area contributed by atoms with Crippen LogP contribution < -0.4 is 5.32 Å². The van der Waals surface area contributed by atoms with E-state index in [0.717, 1.165) is 17.7 Å². The highest BCUT2D eigenvalue weighted by atomic mass is 14.9. The van der Waals surface area contributed by atoms with Crippen LogP contribution in [-0.2, 0) is 6.42 Å². The van der Waals surface area contributed by atoms with E-state index >= 15 is 0 Å². The summed E-state index contributed by atoms with van der Waals surface area (Å²) in [6.45, 7) is 0. The highest BCUT2D eigenvalue weighted by Gasteiger charge is 2.07. The van der Waals surface area contributed by atoms with Gasteiger partial charge < -0.3 is 5.32 Å². The molecule has 1 aliphatic heterocycles. The summed E-state index contributed by atoms with van der Waals surface area (Å²) in [4.78, 5) is 0. The molecule has 2 nitrogen and oxygen atoms in total. The van der Waals surface area contributed by atoms with Crippen LogP contribution in [0, 0.1) is 11.3 Å². The third kappa shape index (κ3) is 0.960. The Hall–Kier alpha value is -1.75. The van der Waals surface area contributed by atoms with Crippen LogP contribution in [0.15, 0.2) is 30.5 Å². The molecule has 0 radical (unpaired) electrons. The van der Waals surface area contributed by atoms with Crippen molar-refractivity contribution in [2.24, 2.45) is 0 Å². The zero-order chi connectivity index (χ0) is 8.39. The Morgan fingerprint density at radius 1 is 1.42 bits per heavy atom. The van der Waals surface area contributed by atoms with Crippen LogP contribution in [-0.4, -0.2) is 0 Å². The van der Waals surface area contributed by atoms with Crippen molar-refractivity contribution in [2.75, 3.05) is 5.32 Å². The van der Waals surface area contributed by atoms with Gasteiger partial charge in [0.1, 0.15) is 6.07 Å². The van der Waals surface area contributed by atoms with E-state index in [9.17, 15) is 0 Å². The van der Waals surface area contributed by atoms with Crippen molar-refractivity contribution in [1.29, 1.82) is 5.26 Å². The summed E-state index contributed by atoms with van der Waals surface area (Å²) in [6.07, 6.45) is 4.84. The molecule has 1 aromatic rings. The Morgan fingerprint density at radius 2 is 2.33 bits per heavy atom. The summed E-state index contributed by atoms with van der Waals surface area (Å²) in [5, 5.41) is 11.9. The van der Waals surface area contributed by atoms with Gasteiger partial charge in [0.2, 0.25) is 0 Å². The lowest BCUT2D eigenvalue weighted by atomic mass is 10.0. The first-order chi connectivity index (χ1) is 5.92. The molecular weight excluding hydrogens is 148 g/mol. The number of nitriles is 1. The van der Waals surface area contributed by atoms with E-state index in [2.05, 4.69) is 11.4 Å². The lowest BCUT2D eigenvalue weighted by Crippen LogP contribution is -2.01. The lowest BCUT2D eigenvalue weighted by Gasteiger charge is -2.13. The van der Waals surface area contributed by atoms with E-state index in [1.165, 1.54) is 5.56 Å². The predicted octanol–water partition coefficient (Wildman–Crippen LogP) is 2.04. The van der Waals surface area contributed by atoms with E-state index in [1.807, 2.05) is 30.5 Å². The van der Waals surface area contributed by atoms with Crippen molar-refractivity contribution in [3.8, 4) is 6.07 Å². The lowest BCUT2D eigenvalue weighted by molar-refractivity contribution is 1.22. The molecule has 0 amide bonds. The second-order valence-corrected chi connectivity index (χ2v) is 2.70. The zero-order valence-electron chi connectivity index (χ0n) is 6.54. The van der Waals surface area contributed by atoms with Gasteiger partial charge in [0.15, 0.2) is 0 Å². The maximum absolute atomic E-state index is 8.78. The quantitative estimate of drug-likeness (QED) is 0.624. The molecule has 2 heteroatoms. The Morgan fingerprint density at radius 3 is 3.17 bits per heavy atom. The molecule has 1 heterocycles. The number of nitrogens with zero attached hydrogens (tertiary/aromatic N) is 1. The SMILES string of the molecule is N#Cc1cccc2c1NC=CC2. The summed E-state index contributed by atoms with van der Waals surface area (Å²) in [6, 6.07) is 7.93. The van der Waals surface area contributed by atoms with E-state index in [-0.39, 0.29) is 0 Å². The van der Waals surface area contributed by atoms with Gasteiger partial charge in [0.05, 0.1) is 11.3 Å². The van der Waals surface area contributed by atoms with Crippen LogP contribution >= 0.6 is 0 Å². The summed E-state index contributed by atoms with van der Waals surface area (Å²) in [5.74, 6) is 0. The topological polar surface area (TPSA) is 35.8 Å². The Kier molecular flexibility index (Phi) is 1.56. The molecule has 1 aromatic carbocycles. The standard InChI is InChI=1S/C10H8N2/c11-7-9-4-1-3-8-5-2-6-12-10(8)9/h1-4,6,12H,5H2. The number of benzene rings is 1. The molecule has 0 saturated carbocycles. The molecule has 58 valence electrons. The van der Waals surface area contributed by atoms with Crippen LogP contribution in [0.4, 0.5) is 5.69 Å². The minimum absolute atomic E-state index is 0.719. The van der Waals surface area contributed by atoms with E-state index in [4.69, 9.17) is 5.26 Å². The fourth-order valence-electron chi connectivity index (χ4n) is 1.36. The maximum atomic E-state index is 8.78. The number of para-hydroxylation sites is 1. The molecule has 0 fully saturated rings. The third-order valence-corrected chi connectivity index (χ3v) is 1.95. The van der Waals surface area contributed by atoms with Crippen molar-refractivity contribution in [3.05, 3.63) is 41.6 Å². The number of rotatable bonds is 0. The molecule has 0 aromatic heterocycles. The van der Waals surface area contributed by atoms with Gasteiger partial charge in [-0.05, 0) is 24.3 Å². The maximum Gasteiger partial charge on any atom is 0.101 e. The van der Waals surface area contributed by atoms with Gasteiger partial charge in [0.25, 0.3) is 0 Å². The molecule has 2 rings (SSSR count). The second-order valence-electron chi connectivity index (χ2n) is 2.70. The predicted molar refractivity (Wildman–Crippen MR) is 47.6 cm³/mol. The molecule has 0 aliphatic carbocycles. The van der Waals surface area contributed by atoms with Gasteiger partial charge in [-0.2, -0.15) is 5.26 Å². The van der Waals surface area contributed by atoms with Gasteiger partial charge >= 0.3 is 0 Å². The number of allylic oxidation sites excluding steroid dienone is 1. The Labute approximate surface area is 71.1 Å². The molecule has 0 atom stereocenters. The molecule has 0 spiro atoms. The van der Waals surface area contributed by atoms with Gasteiger partial charge in [-0.15, -0.1) is 0 Å². The minimum atomic E-state index is 0.719. The van der Waals surface area contributed by atoms with E-state index < -0.39 is 0 Å². The normalized spacial score (nSPS) is 12.9. The van der Waals surface area contributed by atoms with Gasteiger partial charge in [-0.25, -0.2) is 0 Å². The zero-order valence-corrected chi connectivity index (χ0v) is 6.54. The first-order valence-corrected chi connectivity index (χ1v) is 3.85. The highest BCUT2D eigenvalue weighted by molar-refractivity contribution is 5.65. The fourth-order valence-corrected chi connectivity index (χ4v) is 1.36. The number of fused-ring (bicyclic) bond motifs is 1. The minimum Gasteiger partial charge on any atom is -0.361 e. The van der Waals surface area contributed by atoms with Crippen molar-refractivity contribution in [3.63, 3.8) is 0 Å². The van der Waals surface area contributed by atoms with Crippen molar-refractivity contribution in [2.45, 2.75) is 6.42 Å². The smallest absolute Gasteiger partial charge is 0.101 e. The Balaban J connectivity index is 2.58. The summed E-state index contributed by atoms with van der Waals surface area (Å²) in [5.41, 5.74) is 2.87. The van der Waals surface area contributed by atoms with Crippen molar-refractivity contribution < 1.29 is 0 Å². The largest absolute Gasteiger partial charge is 0.361 e. The van der Waals surface area contributed by atoms with Crippen LogP contribution in [0.25, 0.3) is 0 Å². The Bertz CT molecular complexity index is 372. The number of nitrogens with one attached hydrogen (secondary N) is 1. The molecule has 0 bridgehead atoms. The van der Waals surface area contributed by atoms with Crippen molar-refractivity contribution >= 4 is 5.69 Å². The first kappa shape index (κ1) is 6.93. The van der Waals surface area contributed by atoms with Crippen LogP contribution in [0.1, 0.15) is 11.1 Å². The second kappa shape index (κ2) is 2.71. The van der Waals surface area contributed by atoms with E-state index in [1.54, 1.807) is 0 Å². The molecular formula is C10H8N2. The molecule has 0 unspecified atom stereocenters. The molecule has 0 saturated heterocycles. The van der Waals surface area contributed by atoms with Crippen LogP contribution in [0.2, 0.25) is 0 Å². The summed E-state index contributed by atoms with van der Waals surface area (Å²) < 4.78 is 0. The van der Waals surface area contributed by atoms with Gasteiger partial charge in [0, 0.05) is 0 Å². The number of anilines is 1. The van der Waals surface area contributed by atoms with Crippen molar-refractivity contribution in [1.82, 2.24) is 0 Å². The fraction of sp³-hybridized carbons (Fsp3) is 0.100. The highest BCUT2D eigenvalue weighted by Crippen LogP contribution is 2.23. The first-order valence-electron chi connectivity index (χ1n) is 3.85. The average molecular weight is 156 g/mol. The third-order valence-electron chi connectivity index (χ3n) is 1.95.